The van der Waals surface area contributed by atoms with Crippen molar-refractivity contribution in [2.45, 2.75) is 45.5 Å². The number of aliphatic hydroxyl groups excluding tert-OH is 1. The van der Waals surface area contributed by atoms with Crippen molar-refractivity contribution < 1.29 is 27.6 Å². The summed E-state index contributed by atoms with van der Waals surface area (Å²) >= 11 is 0. The lowest BCUT2D eigenvalue weighted by molar-refractivity contribution is 0.00578. The van der Waals surface area contributed by atoms with E-state index in [1.54, 1.807) is 27.7 Å². The fourth-order valence-corrected chi connectivity index (χ4v) is 1.97. The molecule has 0 saturated carbocycles. The zero-order valence-corrected chi connectivity index (χ0v) is 11.8. The average Bonchev–Trinajstić information content (AvgIpc) is 2.47. The van der Waals surface area contributed by atoms with Crippen molar-refractivity contribution >= 4 is 12.6 Å². The molecular weight excluding hydrogens is 272 g/mol. The third-order valence-electron chi connectivity index (χ3n) is 3.95. The van der Waals surface area contributed by atoms with Gasteiger partial charge in [0, 0.05) is 11.6 Å². The standard InChI is InChI=1S/C13H16BF3O3/c1-12(2)13(3,4)20-14(19-12)10-9(16)5-8(15)7(6-18)11(10)17/h5,18H,6H2,1-4H3. The molecule has 0 radical (unpaired) electrons. The Balaban J connectivity index is 2.50. The van der Waals surface area contributed by atoms with Gasteiger partial charge in [0.05, 0.1) is 23.3 Å². The van der Waals surface area contributed by atoms with Gasteiger partial charge in [-0.1, -0.05) is 0 Å². The molecule has 1 heterocycles. The van der Waals surface area contributed by atoms with E-state index in [0.717, 1.165) is 0 Å². The number of benzene rings is 1. The maximum Gasteiger partial charge on any atom is 0.500 e. The average molecular weight is 288 g/mol. The zero-order valence-electron chi connectivity index (χ0n) is 11.8. The van der Waals surface area contributed by atoms with E-state index in [9.17, 15) is 13.2 Å². The van der Waals surface area contributed by atoms with Crippen LogP contribution in [-0.2, 0) is 15.9 Å². The monoisotopic (exact) mass is 288 g/mol. The first-order valence-electron chi connectivity index (χ1n) is 6.23. The van der Waals surface area contributed by atoms with Crippen LogP contribution in [0.4, 0.5) is 13.2 Å². The van der Waals surface area contributed by atoms with Crippen LogP contribution in [0.1, 0.15) is 33.3 Å². The second-order valence-electron chi connectivity index (χ2n) is 5.79. The smallest absolute Gasteiger partial charge is 0.399 e. The molecule has 1 aliphatic heterocycles. The van der Waals surface area contributed by atoms with Gasteiger partial charge in [-0.05, 0) is 27.7 Å². The molecule has 0 unspecified atom stereocenters. The van der Waals surface area contributed by atoms with Crippen LogP contribution in [0.3, 0.4) is 0 Å². The molecular formula is C13H16BF3O3. The molecule has 1 fully saturated rings. The molecule has 1 N–H and O–H groups in total. The van der Waals surface area contributed by atoms with Crippen molar-refractivity contribution in [3.63, 3.8) is 0 Å². The molecule has 1 saturated heterocycles. The molecule has 1 aromatic carbocycles. The van der Waals surface area contributed by atoms with E-state index >= 15 is 0 Å². The van der Waals surface area contributed by atoms with Gasteiger partial charge in [0.2, 0.25) is 0 Å². The summed E-state index contributed by atoms with van der Waals surface area (Å²) in [6, 6.07) is 0.523. The summed E-state index contributed by atoms with van der Waals surface area (Å²) in [7, 11) is -1.29. The number of hydrogen-bond donors (Lipinski definition) is 1. The quantitative estimate of drug-likeness (QED) is 0.845. The van der Waals surface area contributed by atoms with Crippen LogP contribution >= 0.6 is 0 Å². The summed E-state index contributed by atoms with van der Waals surface area (Å²) in [4.78, 5) is 0. The van der Waals surface area contributed by atoms with Crippen LogP contribution in [0.25, 0.3) is 0 Å². The van der Waals surface area contributed by atoms with Gasteiger partial charge in [0.15, 0.2) is 0 Å². The Morgan fingerprint density at radius 1 is 1.05 bits per heavy atom. The molecule has 0 aliphatic carbocycles. The van der Waals surface area contributed by atoms with Crippen molar-refractivity contribution in [1.29, 1.82) is 0 Å². The molecule has 2 rings (SSSR count). The number of hydrogen-bond acceptors (Lipinski definition) is 3. The normalized spacial score (nSPS) is 20.5. The van der Waals surface area contributed by atoms with Crippen LogP contribution in [0.15, 0.2) is 6.07 Å². The van der Waals surface area contributed by atoms with Gasteiger partial charge in [0.25, 0.3) is 0 Å². The molecule has 0 aromatic heterocycles. The number of halogens is 3. The Morgan fingerprint density at radius 3 is 2.00 bits per heavy atom. The first kappa shape index (κ1) is 15.3. The minimum atomic E-state index is -1.29. The fraction of sp³-hybridized carbons (Fsp3) is 0.538. The summed E-state index contributed by atoms with van der Waals surface area (Å²) in [6.07, 6.45) is 0. The molecule has 7 heteroatoms. The third kappa shape index (κ3) is 2.23. The maximum absolute atomic E-state index is 14.2. The van der Waals surface area contributed by atoms with E-state index in [1.165, 1.54) is 0 Å². The lowest BCUT2D eigenvalue weighted by atomic mass is 9.77. The fourth-order valence-electron chi connectivity index (χ4n) is 1.97. The molecule has 20 heavy (non-hydrogen) atoms. The minimum absolute atomic E-state index is 0.519. The summed E-state index contributed by atoms with van der Waals surface area (Å²) in [6.45, 7) is 6.07. The zero-order chi connectivity index (χ0) is 15.3. The molecule has 0 spiro atoms. The van der Waals surface area contributed by atoms with Crippen LogP contribution in [0, 0.1) is 17.5 Å². The van der Waals surface area contributed by atoms with Gasteiger partial charge in [-0.3, -0.25) is 0 Å². The Kier molecular flexibility index (Phi) is 3.65. The number of rotatable bonds is 2. The molecule has 0 atom stereocenters. The second-order valence-corrected chi connectivity index (χ2v) is 5.79. The molecule has 0 bridgehead atoms. The highest BCUT2D eigenvalue weighted by atomic mass is 19.1. The van der Waals surface area contributed by atoms with Crippen LogP contribution in [0.5, 0.6) is 0 Å². The van der Waals surface area contributed by atoms with Crippen molar-refractivity contribution in [3.8, 4) is 0 Å². The molecule has 0 amide bonds. The van der Waals surface area contributed by atoms with Crippen LogP contribution in [-0.4, -0.2) is 23.4 Å². The number of aliphatic hydroxyl groups is 1. The third-order valence-corrected chi connectivity index (χ3v) is 3.95. The summed E-state index contributed by atoms with van der Waals surface area (Å²) in [5.41, 5.74) is -2.67. The van der Waals surface area contributed by atoms with Crippen molar-refractivity contribution in [3.05, 3.63) is 29.1 Å². The largest absolute Gasteiger partial charge is 0.500 e. The predicted molar refractivity (Wildman–Crippen MR) is 68.0 cm³/mol. The molecule has 3 nitrogen and oxygen atoms in total. The topological polar surface area (TPSA) is 38.7 Å². The van der Waals surface area contributed by atoms with E-state index in [4.69, 9.17) is 14.4 Å². The first-order valence-corrected chi connectivity index (χ1v) is 6.23. The Hall–Kier alpha value is -1.05. The van der Waals surface area contributed by atoms with Gasteiger partial charge in [-0.25, -0.2) is 13.2 Å². The van der Waals surface area contributed by atoms with Crippen molar-refractivity contribution in [2.24, 2.45) is 0 Å². The van der Waals surface area contributed by atoms with E-state index in [0.29, 0.717) is 6.07 Å². The lowest BCUT2D eigenvalue weighted by Crippen LogP contribution is -2.41. The first-order chi connectivity index (χ1) is 9.10. The van der Waals surface area contributed by atoms with E-state index in [2.05, 4.69) is 0 Å². The minimum Gasteiger partial charge on any atom is -0.399 e. The van der Waals surface area contributed by atoms with E-state index < -0.39 is 53.4 Å². The molecule has 1 aliphatic rings. The van der Waals surface area contributed by atoms with Crippen LogP contribution < -0.4 is 5.46 Å². The Labute approximate surface area is 115 Å². The molecule has 1 aromatic rings. The summed E-state index contributed by atoms with van der Waals surface area (Å²) in [5, 5.41) is 8.98. The lowest BCUT2D eigenvalue weighted by Gasteiger charge is -2.32. The highest BCUT2D eigenvalue weighted by Crippen LogP contribution is 2.37. The van der Waals surface area contributed by atoms with Gasteiger partial charge >= 0.3 is 7.12 Å². The van der Waals surface area contributed by atoms with Crippen molar-refractivity contribution in [2.75, 3.05) is 0 Å². The van der Waals surface area contributed by atoms with E-state index in [-0.39, 0.29) is 0 Å². The SMILES string of the molecule is CC1(C)OB(c2c(F)cc(F)c(CO)c2F)OC1(C)C. The highest BCUT2D eigenvalue weighted by molar-refractivity contribution is 6.62. The Bertz CT molecular complexity index is 530. The van der Waals surface area contributed by atoms with E-state index in [1.807, 2.05) is 0 Å². The summed E-state index contributed by atoms with van der Waals surface area (Å²) < 4.78 is 52.5. The van der Waals surface area contributed by atoms with Gasteiger partial charge < -0.3 is 14.4 Å². The van der Waals surface area contributed by atoms with Crippen LogP contribution in [0.2, 0.25) is 0 Å². The Morgan fingerprint density at radius 2 is 1.55 bits per heavy atom. The predicted octanol–water partition coefficient (Wildman–Crippen LogP) is 1.90. The van der Waals surface area contributed by atoms with Gasteiger partial charge in [0.1, 0.15) is 17.5 Å². The van der Waals surface area contributed by atoms with Gasteiger partial charge in [-0.2, -0.15) is 0 Å². The van der Waals surface area contributed by atoms with Crippen molar-refractivity contribution in [1.82, 2.24) is 0 Å². The summed E-state index contributed by atoms with van der Waals surface area (Å²) in [5.74, 6) is -3.41. The maximum atomic E-state index is 14.2. The van der Waals surface area contributed by atoms with Gasteiger partial charge in [-0.15, -0.1) is 0 Å². The molecule has 110 valence electrons. The second kappa shape index (κ2) is 4.75. The highest BCUT2D eigenvalue weighted by Gasteiger charge is 2.53.